The summed E-state index contributed by atoms with van der Waals surface area (Å²) in [5.74, 6) is 0. The molecule has 0 amide bonds. The first kappa shape index (κ1) is 30.0. The van der Waals surface area contributed by atoms with Crippen molar-refractivity contribution in [2.75, 3.05) is 0 Å². The van der Waals surface area contributed by atoms with Crippen LogP contribution in [0.25, 0.3) is 108 Å². The number of hydrogen-bond donors (Lipinski definition) is 0. The summed E-state index contributed by atoms with van der Waals surface area (Å²) < 4.78 is 2.58. The molecule has 0 radical (unpaired) electrons. The van der Waals surface area contributed by atoms with Gasteiger partial charge in [0.05, 0.1) is 0 Å². The number of pyridine rings is 2. The molecule has 0 atom stereocenters. The summed E-state index contributed by atoms with van der Waals surface area (Å²) in [6, 6.07) is 57.8. The molecule has 3 heterocycles. The maximum Gasteiger partial charge on any atom is 0.0361 e. The van der Waals surface area contributed by atoms with Crippen LogP contribution in [0.15, 0.2) is 183 Å². The number of aromatic nitrogens is 2. The van der Waals surface area contributed by atoms with Crippen molar-refractivity contribution in [1.82, 2.24) is 9.97 Å². The molecule has 0 N–H and O–H groups in total. The zero-order chi connectivity index (χ0) is 34.9. The van der Waals surface area contributed by atoms with Crippen LogP contribution in [-0.2, 0) is 0 Å². The van der Waals surface area contributed by atoms with Crippen molar-refractivity contribution in [2.45, 2.75) is 0 Å². The fourth-order valence-electron chi connectivity index (χ4n) is 8.69. The highest BCUT2D eigenvalue weighted by atomic mass is 32.1. The molecule has 0 saturated carbocycles. The first-order valence-corrected chi connectivity index (χ1v) is 18.8. The minimum absolute atomic E-state index is 1.13. The summed E-state index contributed by atoms with van der Waals surface area (Å²) in [6.07, 6.45) is 7.66. The Balaban J connectivity index is 1.23. The summed E-state index contributed by atoms with van der Waals surface area (Å²) in [5.41, 5.74) is 9.73. The molecule has 53 heavy (non-hydrogen) atoms. The molecule has 3 aromatic heterocycles. The molecule has 0 bridgehead atoms. The van der Waals surface area contributed by atoms with Gasteiger partial charge in [-0.25, -0.2) is 0 Å². The number of thiophene rings is 1. The number of nitrogens with zero attached hydrogens (tertiary/aromatic N) is 2. The minimum Gasteiger partial charge on any atom is -0.264 e. The fourth-order valence-corrected chi connectivity index (χ4v) is 9.80. The summed E-state index contributed by atoms with van der Waals surface area (Å²) in [4.78, 5) is 9.02. The molecule has 0 unspecified atom stereocenters. The molecule has 0 spiro atoms. The van der Waals surface area contributed by atoms with E-state index in [-0.39, 0.29) is 0 Å². The lowest BCUT2D eigenvalue weighted by Gasteiger charge is -2.18. The van der Waals surface area contributed by atoms with Gasteiger partial charge in [0, 0.05) is 56.1 Å². The van der Waals surface area contributed by atoms with Gasteiger partial charge in [0.15, 0.2) is 0 Å². The third kappa shape index (κ3) is 4.58. The van der Waals surface area contributed by atoms with E-state index in [1.54, 1.807) is 0 Å². The molecule has 246 valence electrons. The lowest BCUT2D eigenvalue weighted by molar-refractivity contribution is 1.33. The van der Waals surface area contributed by atoms with E-state index in [4.69, 9.17) is 0 Å². The third-order valence-corrected chi connectivity index (χ3v) is 12.0. The van der Waals surface area contributed by atoms with Crippen molar-refractivity contribution < 1.29 is 0 Å². The van der Waals surface area contributed by atoms with Gasteiger partial charge in [-0.3, -0.25) is 9.97 Å². The highest BCUT2D eigenvalue weighted by Gasteiger charge is 2.21. The van der Waals surface area contributed by atoms with Crippen molar-refractivity contribution in [3.05, 3.63) is 183 Å². The molecular weight excluding hydrogens is 661 g/mol. The molecule has 3 heteroatoms. The molecule has 11 rings (SSSR count). The van der Waals surface area contributed by atoms with Gasteiger partial charge < -0.3 is 0 Å². The second kappa shape index (κ2) is 11.9. The van der Waals surface area contributed by atoms with E-state index in [0.29, 0.717) is 0 Å². The van der Waals surface area contributed by atoms with Gasteiger partial charge in [0.2, 0.25) is 0 Å². The van der Waals surface area contributed by atoms with Crippen molar-refractivity contribution in [3.63, 3.8) is 0 Å². The largest absolute Gasteiger partial charge is 0.264 e. The summed E-state index contributed by atoms with van der Waals surface area (Å²) in [7, 11) is 0. The van der Waals surface area contributed by atoms with Gasteiger partial charge in [0.1, 0.15) is 0 Å². The van der Waals surface area contributed by atoms with Crippen LogP contribution >= 0.6 is 11.3 Å². The van der Waals surface area contributed by atoms with E-state index in [0.717, 1.165) is 11.1 Å². The van der Waals surface area contributed by atoms with Gasteiger partial charge in [-0.1, -0.05) is 127 Å². The van der Waals surface area contributed by atoms with Crippen LogP contribution in [0.2, 0.25) is 0 Å². The zero-order valence-corrected chi connectivity index (χ0v) is 29.4. The summed E-state index contributed by atoms with van der Waals surface area (Å²) in [6.45, 7) is 0. The normalized spacial score (nSPS) is 11.8. The Morgan fingerprint density at radius 3 is 1.23 bits per heavy atom. The molecule has 8 aromatic carbocycles. The lowest BCUT2D eigenvalue weighted by Crippen LogP contribution is -1.92. The Kier molecular flexibility index (Phi) is 6.76. The Hall–Kier alpha value is -6.68. The van der Waals surface area contributed by atoms with Crippen molar-refractivity contribution in [1.29, 1.82) is 0 Å². The monoisotopic (exact) mass is 690 g/mol. The first-order chi connectivity index (χ1) is 26.3. The van der Waals surface area contributed by atoms with Crippen LogP contribution in [-0.4, -0.2) is 9.97 Å². The maximum atomic E-state index is 4.51. The van der Waals surface area contributed by atoms with Crippen LogP contribution in [0.5, 0.6) is 0 Å². The van der Waals surface area contributed by atoms with Crippen LogP contribution in [0.1, 0.15) is 0 Å². The average Bonchev–Trinajstić information content (AvgIpc) is 3.61. The van der Waals surface area contributed by atoms with E-state index < -0.39 is 0 Å². The smallest absolute Gasteiger partial charge is 0.0361 e. The lowest BCUT2D eigenvalue weighted by atomic mass is 9.84. The Bertz CT molecular complexity index is 3100. The molecule has 11 aromatic rings. The highest BCUT2D eigenvalue weighted by molar-refractivity contribution is 7.26. The molecule has 0 fully saturated rings. The maximum absolute atomic E-state index is 4.51. The standard InChI is InChI=1S/C50H30N2S/c1-3-16-36-34(14-1)46(35-15-2-4-17-37(35)47(36)32-12-10-26-51-29-32)31-24-25-44-43(28-31)50-42(22-9-23-45(50)53-44)49-40-20-7-5-18-38(40)48(33-13-11-27-52-30-33)39-19-6-8-21-41(39)49/h1-30H. The molecule has 0 aliphatic carbocycles. The third-order valence-electron chi connectivity index (χ3n) is 10.8. The van der Waals surface area contributed by atoms with E-state index in [9.17, 15) is 0 Å². The van der Waals surface area contributed by atoms with Gasteiger partial charge in [0.25, 0.3) is 0 Å². The fraction of sp³-hybridized carbons (Fsp3) is 0. The first-order valence-electron chi connectivity index (χ1n) is 18.0. The van der Waals surface area contributed by atoms with Gasteiger partial charge in [-0.15, -0.1) is 11.3 Å². The van der Waals surface area contributed by atoms with Gasteiger partial charge in [-0.2, -0.15) is 0 Å². The van der Waals surface area contributed by atoms with Crippen LogP contribution in [0.4, 0.5) is 0 Å². The average molecular weight is 691 g/mol. The zero-order valence-electron chi connectivity index (χ0n) is 28.6. The molecule has 2 nitrogen and oxygen atoms in total. The van der Waals surface area contributed by atoms with E-state index in [1.165, 1.54) is 96.6 Å². The van der Waals surface area contributed by atoms with Crippen molar-refractivity contribution >= 4 is 74.6 Å². The van der Waals surface area contributed by atoms with Crippen LogP contribution in [0.3, 0.4) is 0 Å². The SMILES string of the molecule is c1cncc(-c2c3ccccc3c(-c3ccc4sc5cccc(-c6c7ccccc7c(-c7cccnc7)c7ccccc67)c5c4c3)c3ccccc23)c1. The predicted molar refractivity (Wildman–Crippen MR) is 227 cm³/mol. The van der Waals surface area contributed by atoms with Crippen molar-refractivity contribution in [2.24, 2.45) is 0 Å². The van der Waals surface area contributed by atoms with E-state index in [1.807, 2.05) is 48.3 Å². The number of benzene rings is 8. The van der Waals surface area contributed by atoms with Crippen LogP contribution in [0, 0.1) is 0 Å². The van der Waals surface area contributed by atoms with Gasteiger partial charge >= 0.3 is 0 Å². The summed E-state index contributed by atoms with van der Waals surface area (Å²) in [5, 5.41) is 12.5. The quantitative estimate of drug-likeness (QED) is 0.172. The Labute approximate surface area is 310 Å². The minimum atomic E-state index is 1.13. The van der Waals surface area contributed by atoms with Crippen LogP contribution < -0.4 is 0 Å². The van der Waals surface area contributed by atoms with Crippen molar-refractivity contribution in [3.8, 4) is 44.5 Å². The molecule has 0 saturated heterocycles. The molecule has 0 aliphatic rings. The number of fused-ring (bicyclic) bond motifs is 7. The summed E-state index contributed by atoms with van der Waals surface area (Å²) >= 11 is 1.88. The topological polar surface area (TPSA) is 25.8 Å². The number of hydrogen-bond acceptors (Lipinski definition) is 3. The predicted octanol–water partition coefficient (Wildman–Crippen LogP) is 14.1. The Morgan fingerprint density at radius 2 is 0.774 bits per heavy atom. The molecular formula is C50H30N2S. The van der Waals surface area contributed by atoms with E-state index in [2.05, 4.69) is 156 Å². The Morgan fingerprint density at radius 1 is 0.321 bits per heavy atom. The number of rotatable bonds is 4. The second-order valence-corrected chi connectivity index (χ2v) is 14.7. The molecule has 0 aliphatic heterocycles. The highest BCUT2D eigenvalue weighted by Crippen LogP contribution is 2.49. The second-order valence-electron chi connectivity index (χ2n) is 13.7. The van der Waals surface area contributed by atoms with E-state index >= 15 is 0 Å². The van der Waals surface area contributed by atoms with Gasteiger partial charge in [-0.05, 0) is 107 Å².